The first-order chi connectivity index (χ1) is 12.9. The zero-order valence-electron chi connectivity index (χ0n) is 15.1. The molecule has 0 fully saturated rings. The summed E-state index contributed by atoms with van der Waals surface area (Å²) in [7, 11) is 3.58. The molecule has 0 spiro atoms. The molecule has 0 aliphatic heterocycles. The van der Waals surface area contributed by atoms with Crippen LogP contribution < -0.4 is 5.32 Å². The minimum Gasteiger partial charge on any atom is -0.350 e. The van der Waals surface area contributed by atoms with Crippen molar-refractivity contribution in [2.24, 2.45) is 0 Å². The van der Waals surface area contributed by atoms with Crippen LogP contribution in [0.25, 0.3) is 5.69 Å². The Hall–Kier alpha value is -3.06. The highest BCUT2D eigenvalue weighted by Crippen LogP contribution is 2.19. The number of carbonyl (C=O) groups is 1. The molecule has 27 heavy (non-hydrogen) atoms. The van der Waals surface area contributed by atoms with Gasteiger partial charge in [0.2, 0.25) is 5.91 Å². The molecule has 2 aromatic carbocycles. The molecule has 0 radical (unpaired) electrons. The summed E-state index contributed by atoms with van der Waals surface area (Å²) in [6.07, 6.45) is 3.42. The summed E-state index contributed by atoms with van der Waals surface area (Å²) in [4.78, 5) is 14.4. The van der Waals surface area contributed by atoms with Gasteiger partial charge in [-0.25, -0.2) is 13.5 Å². The fraction of sp³-hybridized carbons (Fsp3) is 0.200. The van der Waals surface area contributed by atoms with Gasteiger partial charge in [-0.05, 0) is 56.1 Å². The van der Waals surface area contributed by atoms with E-state index in [1.54, 1.807) is 60.3 Å². The minimum absolute atomic E-state index is 0.193. The smallest absolute Gasteiger partial charge is 0.242 e. The van der Waals surface area contributed by atoms with Gasteiger partial charge in [0.1, 0.15) is 17.7 Å². The number of halogens is 2. The van der Waals surface area contributed by atoms with Crippen molar-refractivity contribution < 1.29 is 13.6 Å². The number of rotatable bonds is 6. The highest BCUT2D eigenvalue weighted by Gasteiger charge is 2.22. The lowest BCUT2D eigenvalue weighted by molar-refractivity contribution is -0.125. The first-order valence-corrected chi connectivity index (χ1v) is 8.43. The van der Waals surface area contributed by atoms with E-state index in [1.165, 1.54) is 24.3 Å². The van der Waals surface area contributed by atoms with Crippen LogP contribution in [-0.2, 0) is 11.3 Å². The van der Waals surface area contributed by atoms with Gasteiger partial charge in [-0.1, -0.05) is 12.1 Å². The second-order valence-electron chi connectivity index (χ2n) is 6.41. The highest BCUT2D eigenvalue weighted by atomic mass is 19.1. The molecule has 0 aliphatic rings. The van der Waals surface area contributed by atoms with Crippen LogP contribution in [0.15, 0.2) is 60.9 Å². The molecule has 140 valence electrons. The van der Waals surface area contributed by atoms with Crippen molar-refractivity contribution in [1.29, 1.82) is 0 Å². The molecule has 0 unspecified atom stereocenters. The summed E-state index contributed by atoms with van der Waals surface area (Å²) in [6.45, 7) is 0.297. The van der Waals surface area contributed by atoms with Gasteiger partial charge in [0.15, 0.2) is 0 Å². The average molecular weight is 370 g/mol. The number of nitrogens with zero attached hydrogens (tertiary/aromatic N) is 3. The van der Waals surface area contributed by atoms with Crippen molar-refractivity contribution in [1.82, 2.24) is 20.0 Å². The Morgan fingerprint density at radius 2 is 1.67 bits per heavy atom. The van der Waals surface area contributed by atoms with Gasteiger partial charge >= 0.3 is 0 Å². The maximum Gasteiger partial charge on any atom is 0.242 e. The van der Waals surface area contributed by atoms with Crippen LogP contribution >= 0.6 is 0 Å². The van der Waals surface area contributed by atoms with Crippen molar-refractivity contribution in [3.8, 4) is 5.69 Å². The quantitative estimate of drug-likeness (QED) is 0.726. The molecule has 1 atom stereocenters. The van der Waals surface area contributed by atoms with Crippen molar-refractivity contribution >= 4 is 5.91 Å². The fourth-order valence-corrected chi connectivity index (χ4v) is 2.80. The molecule has 0 saturated carbocycles. The predicted molar refractivity (Wildman–Crippen MR) is 98.2 cm³/mol. The third-order valence-electron chi connectivity index (χ3n) is 4.14. The number of amides is 1. The van der Waals surface area contributed by atoms with Crippen LogP contribution in [0.2, 0.25) is 0 Å². The lowest BCUT2D eigenvalue weighted by atomic mass is 10.1. The molecule has 0 aliphatic carbocycles. The maximum absolute atomic E-state index is 13.1. The van der Waals surface area contributed by atoms with Gasteiger partial charge in [-0.3, -0.25) is 9.69 Å². The molecule has 1 aromatic heterocycles. The molecule has 7 heteroatoms. The van der Waals surface area contributed by atoms with E-state index in [4.69, 9.17) is 0 Å². The van der Waals surface area contributed by atoms with E-state index in [0.29, 0.717) is 12.1 Å². The van der Waals surface area contributed by atoms with Gasteiger partial charge in [0.25, 0.3) is 0 Å². The predicted octanol–water partition coefficient (Wildman–Crippen LogP) is 3.07. The van der Waals surface area contributed by atoms with E-state index in [-0.39, 0.29) is 17.5 Å². The summed E-state index contributed by atoms with van der Waals surface area (Å²) in [6, 6.07) is 11.3. The van der Waals surface area contributed by atoms with Crippen LogP contribution in [-0.4, -0.2) is 34.7 Å². The summed E-state index contributed by atoms with van der Waals surface area (Å²) in [5.41, 5.74) is 2.25. The summed E-state index contributed by atoms with van der Waals surface area (Å²) in [5.74, 6) is -0.847. The molecule has 3 aromatic rings. The molecular formula is C20H20F2N4O. The third-order valence-corrected chi connectivity index (χ3v) is 4.14. The van der Waals surface area contributed by atoms with Crippen LogP contribution in [0.1, 0.15) is 17.2 Å². The molecule has 5 nitrogen and oxygen atoms in total. The van der Waals surface area contributed by atoms with Crippen LogP contribution in [0.3, 0.4) is 0 Å². The molecule has 0 bridgehead atoms. The molecular weight excluding hydrogens is 350 g/mol. The zero-order chi connectivity index (χ0) is 19.4. The molecule has 3 rings (SSSR count). The number of aromatic nitrogens is 2. The number of likely N-dealkylation sites (N-methyl/N-ethyl adjacent to an activating group) is 1. The van der Waals surface area contributed by atoms with E-state index < -0.39 is 6.04 Å². The summed E-state index contributed by atoms with van der Waals surface area (Å²) < 4.78 is 27.8. The Bertz CT molecular complexity index is 904. The Kier molecular flexibility index (Phi) is 5.61. The summed E-state index contributed by atoms with van der Waals surface area (Å²) >= 11 is 0. The van der Waals surface area contributed by atoms with Gasteiger partial charge < -0.3 is 5.32 Å². The van der Waals surface area contributed by atoms with E-state index in [9.17, 15) is 13.6 Å². The van der Waals surface area contributed by atoms with Crippen molar-refractivity contribution in [2.45, 2.75) is 12.6 Å². The van der Waals surface area contributed by atoms with Crippen molar-refractivity contribution in [3.05, 3.63) is 83.7 Å². The fourth-order valence-electron chi connectivity index (χ4n) is 2.80. The molecule has 0 saturated heterocycles. The Labute approximate surface area is 156 Å². The van der Waals surface area contributed by atoms with Crippen LogP contribution in [0.4, 0.5) is 8.78 Å². The number of carbonyl (C=O) groups excluding carboxylic acids is 1. The van der Waals surface area contributed by atoms with E-state index in [1.807, 2.05) is 0 Å². The molecule has 1 N–H and O–H groups in total. The zero-order valence-corrected chi connectivity index (χ0v) is 15.1. The van der Waals surface area contributed by atoms with Crippen molar-refractivity contribution in [3.63, 3.8) is 0 Å². The van der Waals surface area contributed by atoms with Crippen LogP contribution in [0, 0.1) is 11.6 Å². The molecule has 1 amide bonds. The van der Waals surface area contributed by atoms with E-state index in [2.05, 4.69) is 10.4 Å². The highest BCUT2D eigenvalue weighted by molar-refractivity contribution is 5.83. The van der Waals surface area contributed by atoms with Gasteiger partial charge in [0.05, 0.1) is 11.9 Å². The van der Waals surface area contributed by atoms with E-state index >= 15 is 0 Å². The molecule has 1 heterocycles. The normalized spacial score (nSPS) is 12.2. The monoisotopic (exact) mass is 370 g/mol. The minimum atomic E-state index is -0.530. The van der Waals surface area contributed by atoms with Gasteiger partial charge in [-0.15, -0.1) is 0 Å². The number of nitrogens with one attached hydrogen (secondary N) is 1. The lowest BCUT2D eigenvalue weighted by Gasteiger charge is -2.23. The topological polar surface area (TPSA) is 50.2 Å². The Balaban J connectivity index is 1.67. The number of hydrogen-bond acceptors (Lipinski definition) is 3. The third kappa shape index (κ3) is 4.57. The second-order valence-corrected chi connectivity index (χ2v) is 6.41. The van der Waals surface area contributed by atoms with Crippen LogP contribution in [0.5, 0.6) is 0 Å². The van der Waals surface area contributed by atoms with Gasteiger partial charge in [-0.2, -0.15) is 5.10 Å². The standard InChI is InChI=1S/C20H20F2N4O/c1-25(2)19(15-3-5-16(21)6-4-15)20(27)23-11-14-12-24-26(13-14)18-9-7-17(22)8-10-18/h3-10,12-13,19H,11H2,1-2H3,(H,23,27)/t19-/m0/s1. The summed E-state index contributed by atoms with van der Waals surface area (Å²) in [5, 5.41) is 7.11. The first-order valence-electron chi connectivity index (χ1n) is 8.43. The Morgan fingerprint density at radius 1 is 1.07 bits per heavy atom. The Morgan fingerprint density at radius 3 is 2.26 bits per heavy atom. The largest absolute Gasteiger partial charge is 0.350 e. The maximum atomic E-state index is 13.1. The second kappa shape index (κ2) is 8.09. The van der Waals surface area contributed by atoms with Gasteiger partial charge in [0, 0.05) is 18.3 Å². The average Bonchev–Trinajstić information content (AvgIpc) is 3.11. The SMILES string of the molecule is CN(C)[C@H](C(=O)NCc1cnn(-c2ccc(F)cc2)c1)c1ccc(F)cc1. The van der Waals surface area contributed by atoms with Crippen molar-refractivity contribution in [2.75, 3.05) is 14.1 Å². The lowest BCUT2D eigenvalue weighted by Crippen LogP contribution is -2.36. The first kappa shape index (κ1) is 18.7. The van der Waals surface area contributed by atoms with E-state index in [0.717, 1.165) is 11.3 Å². The number of benzene rings is 2. The number of hydrogen-bond donors (Lipinski definition) is 1.